The lowest BCUT2D eigenvalue weighted by Crippen LogP contribution is -2.38. The Morgan fingerprint density at radius 2 is 2.37 bits per heavy atom. The summed E-state index contributed by atoms with van der Waals surface area (Å²) in [6.45, 7) is 3.69. The summed E-state index contributed by atoms with van der Waals surface area (Å²) < 4.78 is 0. The fourth-order valence-corrected chi connectivity index (χ4v) is 2.60. The van der Waals surface area contributed by atoms with E-state index >= 15 is 0 Å². The van der Waals surface area contributed by atoms with Gasteiger partial charge < -0.3 is 10.4 Å². The third kappa shape index (κ3) is 4.32. The fourth-order valence-electron chi connectivity index (χ4n) is 2.60. The van der Waals surface area contributed by atoms with Gasteiger partial charge in [-0.05, 0) is 37.1 Å². The van der Waals surface area contributed by atoms with Gasteiger partial charge in [0.25, 0.3) is 0 Å². The number of nitrogens with one attached hydrogen (secondary N) is 1. The minimum Gasteiger partial charge on any atom is -0.395 e. The molecule has 0 aromatic heterocycles. The van der Waals surface area contributed by atoms with Crippen LogP contribution in [0, 0.1) is 11.3 Å². The molecule has 1 heterocycles. The van der Waals surface area contributed by atoms with E-state index in [1.54, 1.807) is 0 Å². The first kappa shape index (κ1) is 14.0. The van der Waals surface area contributed by atoms with Gasteiger partial charge >= 0.3 is 0 Å². The number of hydrogen-bond acceptors (Lipinski definition) is 4. The van der Waals surface area contributed by atoms with Crippen molar-refractivity contribution in [1.82, 2.24) is 10.2 Å². The zero-order chi connectivity index (χ0) is 13.5. The Bertz CT molecular complexity index is 435. The molecular weight excluding hydrogens is 238 g/mol. The maximum atomic E-state index is 9.17. The monoisotopic (exact) mass is 259 g/mol. The van der Waals surface area contributed by atoms with Gasteiger partial charge in [0, 0.05) is 25.7 Å². The summed E-state index contributed by atoms with van der Waals surface area (Å²) in [4.78, 5) is 2.25. The molecule has 1 aliphatic heterocycles. The van der Waals surface area contributed by atoms with Crippen molar-refractivity contribution in [3.63, 3.8) is 0 Å². The van der Waals surface area contributed by atoms with Crippen LogP contribution in [0.3, 0.4) is 0 Å². The molecule has 0 saturated carbocycles. The van der Waals surface area contributed by atoms with Crippen LogP contribution in [0.5, 0.6) is 0 Å². The number of aliphatic hydroxyl groups is 1. The zero-order valence-corrected chi connectivity index (χ0v) is 11.2. The van der Waals surface area contributed by atoms with Crippen LogP contribution in [0.2, 0.25) is 0 Å². The molecule has 0 radical (unpaired) electrons. The molecule has 1 aliphatic rings. The van der Waals surface area contributed by atoms with E-state index in [1.807, 2.05) is 24.3 Å². The summed E-state index contributed by atoms with van der Waals surface area (Å²) in [5.41, 5.74) is 1.82. The van der Waals surface area contributed by atoms with Crippen LogP contribution in [0.4, 0.5) is 0 Å². The first-order valence-electron chi connectivity index (χ1n) is 6.87. The molecular formula is C15H21N3O. The van der Waals surface area contributed by atoms with Crippen molar-refractivity contribution in [1.29, 1.82) is 5.26 Å². The molecule has 19 heavy (non-hydrogen) atoms. The SMILES string of the molecule is N#Cc1cccc(CN(CCO)CC2CCCN2)c1. The second kappa shape index (κ2) is 7.25. The first-order valence-corrected chi connectivity index (χ1v) is 6.87. The lowest BCUT2D eigenvalue weighted by Gasteiger charge is -2.25. The normalized spacial score (nSPS) is 18.7. The molecule has 0 amide bonds. The average molecular weight is 259 g/mol. The van der Waals surface area contributed by atoms with Gasteiger partial charge in [-0.25, -0.2) is 0 Å². The zero-order valence-electron chi connectivity index (χ0n) is 11.2. The molecule has 0 bridgehead atoms. The molecule has 1 fully saturated rings. The second-order valence-electron chi connectivity index (χ2n) is 5.06. The quantitative estimate of drug-likeness (QED) is 0.803. The summed E-state index contributed by atoms with van der Waals surface area (Å²) in [6.07, 6.45) is 2.45. The van der Waals surface area contributed by atoms with Gasteiger partial charge in [-0.3, -0.25) is 4.90 Å². The van der Waals surface area contributed by atoms with Crippen LogP contribution in [-0.4, -0.2) is 42.3 Å². The Morgan fingerprint density at radius 1 is 1.47 bits per heavy atom. The standard InChI is InChI=1S/C15H21N3O/c16-10-13-3-1-4-14(9-13)11-18(7-8-19)12-15-5-2-6-17-15/h1,3-4,9,15,17,19H,2,5-8,11-12H2. The van der Waals surface area contributed by atoms with E-state index in [2.05, 4.69) is 16.3 Å². The summed E-state index contributed by atoms with van der Waals surface area (Å²) >= 11 is 0. The molecule has 0 aliphatic carbocycles. The van der Waals surface area contributed by atoms with Gasteiger partial charge in [0.1, 0.15) is 0 Å². The average Bonchev–Trinajstić information content (AvgIpc) is 2.92. The highest BCUT2D eigenvalue weighted by molar-refractivity contribution is 5.32. The minimum absolute atomic E-state index is 0.171. The lowest BCUT2D eigenvalue weighted by molar-refractivity contribution is 0.179. The molecule has 1 saturated heterocycles. The van der Waals surface area contributed by atoms with Gasteiger partial charge in [0.2, 0.25) is 0 Å². The third-order valence-corrected chi connectivity index (χ3v) is 3.52. The molecule has 2 N–H and O–H groups in total. The van der Waals surface area contributed by atoms with E-state index in [1.165, 1.54) is 12.8 Å². The number of nitrogens with zero attached hydrogens (tertiary/aromatic N) is 2. The van der Waals surface area contributed by atoms with Crippen molar-refractivity contribution in [3.8, 4) is 6.07 Å². The van der Waals surface area contributed by atoms with Crippen LogP contribution in [0.15, 0.2) is 24.3 Å². The summed E-state index contributed by atoms with van der Waals surface area (Å²) in [5.74, 6) is 0. The fraction of sp³-hybridized carbons (Fsp3) is 0.533. The van der Waals surface area contributed by atoms with E-state index in [4.69, 9.17) is 5.26 Å². The highest BCUT2D eigenvalue weighted by Gasteiger charge is 2.17. The van der Waals surface area contributed by atoms with E-state index in [0.29, 0.717) is 18.2 Å². The molecule has 4 heteroatoms. The predicted octanol–water partition coefficient (Wildman–Crippen LogP) is 1.10. The van der Waals surface area contributed by atoms with Crippen LogP contribution < -0.4 is 5.32 Å². The maximum Gasteiger partial charge on any atom is 0.0991 e. The highest BCUT2D eigenvalue weighted by atomic mass is 16.3. The smallest absolute Gasteiger partial charge is 0.0991 e. The van der Waals surface area contributed by atoms with Crippen LogP contribution in [0.1, 0.15) is 24.0 Å². The first-order chi connectivity index (χ1) is 9.31. The molecule has 0 spiro atoms. The Balaban J connectivity index is 1.96. The van der Waals surface area contributed by atoms with Crippen molar-refractivity contribution in [2.75, 3.05) is 26.2 Å². The molecule has 102 valence electrons. The van der Waals surface area contributed by atoms with Crippen LogP contribution >= 0.6 is 0 Å². The number of rotatable bonds is 6. The van der Waals surface area contributed by atoms with E-state index in [-0.39, 0.29) is 6.61 Å². The van der Waals surface area contributed by atoms with Crippen molar-refractivity contribution in [3.05, 3.63) is 35.4 Å². The topological polar surface area (TPSA) is 59.3 Å². The third-order valence-electron chi connectivity index (χ3n) is 3.52. The lowest BCUT2D eigenvalue weighted by atomic mass is 10.1. The highest BCUT2D eigenvalue weighted by Crippen LogP contribution is 2.11. The molecule has 1 atom stereocenters. The van der Waals surface area contributed by atoms with Crippen LogP contribution in [0.25, 0.3) is 0 Å². The van der Waals surface area contributed by atoms with Crippen molar-refractivity contribution < 1.29 is 5.11 Å². The van der Waals surface area contributed by atoms with E-state index in [9.17, 15) is 5.11 Å². The van der Waals surface area contributed by atoms with Crippen molar-refractivity contribution in [2.24, 2.45) is 0 Å². The second-order valence-corrected chi connectivity index (χ2v) is 5.06. The Labute approximate surface area is 114 Å². The Kier molecular flexibility index (Phi) is 5.34. The number of aliphatic hydroxyl groups excluding tert-OH is 1. The number of nitriles is 1. The molecule has 1 aromatic rings. The Morgan fingerprint density at radius 3 is 3.05 bits per heavy atom. The summed E-state index contributed by atoms with van der Waals surface area (Å²) in [5, 5.41) is 21.6. The van der Waals surface area contributed by atoms with Gasteiger partial charge in [0.15, 0.2) is 0 Å². The van der Waals surface area contributed by atoms with Crippen LogP contribution in [-0.2, 0) is 6.54 Å². The molecule has 1 aromatic carbocycles. The largest absolute Gasteiger partial charge is 0.395 e. The predicted molar refractivity (Wildman–Crippen MR) is 74.5 cm³/mol. The number of hydrogen-bond donors (Lipinski definition) is 2. The Hall–Kier alpha value is -1.41. The van der Waals surface area contributed by atoms with E-state index < -0.39 is 0 Å². The van der Waals surface area contributed by atoms with Gasteiger partial charge in [0.05, 0.1) is 18.2 Å². The van der Waals surface area contributed by atoms with E-state index in [0.717, 1.165) is 25.2 Å². The van der Waals surface area contributed by atoms with Gasteiger partial charge in [-0.15, -0.1) is 0 Å². The molecule has 4 nitrogen and oxygen atoms in total. The van der Waals surface area contributed by atoms with Crippen molar-refractivity contribution >= 4 is 0 Å². The minimum atomic E-state index is 0.171. The maximum absolute atomic E-state index is 9.17. The van der Waals surface area contributed by atoms with Gasteiger partial charge in [-0.2, -0.15) is 5.26 Å². The summed E-state index contributed by atoms with van der Waals surface area (Å²) in [6, 6.07) is 10.4. The molecule has 2 rings (SSSR count). The summed E-state index contributed by atoms with van der Waals surface area (Å²) in [7, 11) is 0. The molecule has 1 unspecified atom stereocenters. The van der Waals surface area contributed by atoms with Crippen molar-refractivity contribution in [2.45, 2.75) is 25.4 Å². The van der Waals surface area contributed by atoms with Gasteiger partial charge in [-0.1, -0.05) is 12.1 Å². The number of benzene rings is 1.